The molecule has 54 heavy (non-hydrogen) atoms. The first-order valence-corrected chi connectivity index (χ1v) is 18.9. The second kappa shape index (κ2) is 22.1. The summed E-state index contributed by atoms with van der Waals surface area (Å²) >= 11 is 0. The number of halogens is 5. The summed E-state index contributed by atoms with van der Waals surface area (Å²) in [7, 11) is 0.831. The predicted molar refractivity (Wildman–Crippen MR) is 186 cm³/mol. The maximum absolute atomic E-state index is 13.8. The van der Waals surface area contributed by atoms with Gasteiger partial charge in [-0.1, -0.05) is 49.3 Å². The van der Waals surface area contributed by atoms with Crippen molar-refractivity contribution in [3.63, 3.8) is 0 Å². The Morgan fingerprint density at radius 1 is 1.06 bits per heavy atom. The van der Waals surface area contributed by atoms with Crippen LogP contribution in [-0.2, 0) is 43.3 Å². The van der Waals surface area contributed by atoms with E-state index >= 15 is 0 Å². The number of fused-ring (bicyclic) bond motifs is 1. The first-order chi connectivity index (χ1) is 25.1. The number of aldehydes is 1. The number of carbonyl (C=O) groups is 4. The van der Waals surface area contributed by atoms with Gasteiger partial charge >= 0.3 is 41.8 Å². The van der Waals surface area contributed by atoms with Crippen molar-refractivity contribution in [2.24, 2.45) is 11.3 Å². The molecule has 3 unspecified atom stereocenters. The van der Waals surface area contributed by atoms with Gasteiger partial charge in [-0.2, -0.15) is 13.2 Å². The van der Waals surface area contributed by atoms with Gasteiger partial charge in [0.25, 0.3) is 0 Å². The summed E-state index contributed by atoms with van der Waals surface area (Å²) in [5.41, 5.74) is 0.173. The van der Waals surface area contributed by atoms with Crippen molar-refractivity contribution in [3.05, 3.63) is 47.5 Å². The van der Waals surface area contributed by atoms with E-state index in [-0.39, 0.29) is 85.3 Å². The Hall–Kier alpha value is -2.73. The van der Waals surface area contributed by atoms with E-state index in [2.05, 4.69) is 10.0 Å². The van der Waals surface area contributed by atoms with Gasteiger partial charge in [0.05, 0.1) is 11.3 Å². The van der Waals surface area contributed by atoms with Crippen molar-refractivity contribution in [1.29, 1.82) is 0 Å². The van der Waals surface area contributed by atoms with Crippen molar-refractivity contribution in [2.75, 3.05) is 13.6 Å². The van der Waals surface area contributed by atoms with Crippen LogP contribution in [0.5, 0.6) is 0 Å². The van der Waals surface area contributed by atoms with Gasteiger partial charge in [0.15, 0.2) is 0 Å². The molecule has 11 nitrogen and oxygen atoms in total. The van der Waals surface area contributed by atoms with E-state index in [1.807, 2.05) is 43.5 Å². The molecule has 0 radical (unpaired) electrons. The number of allylic oxidation sites excluding steroid dienone is 1. The van der Waals surface area contributed by atoms with Crippen LogP contribution in [-0.4, -0.2) is 93.1 Å². The first-order valence-electron chi connectivity index (χ1n) is 17.7. The SMILES string of the molecule is CNC1C[C@H]1/C=C\CCC(F)(F)CCCC(=O)N1CCCC1C=O.O=C(O)N1Cc2ccccc2C1.O=CNS(=O)C1CC1.O=[C-]C1(C(F)(F)F)CC1.[Na+]. The Labute approximate surface area is 337 Å². The monoisotopic (exact) mass is 798 g/mol. The van der Waals surface area contributed by atoms with Crippen LogP contribution in [0.25, 0.3) is 0 Å². The van der Waals surface area contributed by atoms with E-state index in [4.69, 9.17) is 5.11 Å². The molecule has 1 saturated heterocycles. The van der Waals surface area contributed by atoms with E-state index in [0.717, 1.165) is 49.4 Å². The Kier molecular flexibility index (Phi) is 19.4. The van der Waals surface area contributed by atoms with Gasteiger partial charge in [0.1, 0.15) is 17.3 Å². The molecule has 3 aliphatic carbocycles. The minimum absolute atomic E-state index is 0. The van der Waals surface area contributed by atoms with Crippen LogP contribution in [0.2, 0.25) is 0 Å². The number of amides is 3. The normalized spacial score (nSPS) is 22.4. The van der Waals surface area contributed by atoms with E-state index in [9.17, 15) is 50.1 Å². The average Bonchev–Trinajstić information content (AvgIpc) is 4.06. The molecule has 0 aromatic heterocycles. The third kappa shape index (κ3) is 15.4. The Bertz CT molecular complexity index is 1440. The van der Waals surface area contributed by atoms with Crippen molar-refractivity contribution < 1.29 is 84.8 Å². The van der Waals surface area contributed by atoms with Gasteiger partial charge in [0, 0.05) is 44.9 Å². The van der Waals surface area contributed by atoms with Crippen molar-refractivity contribution in [3.8, 4) is 0 Å². The molecule has 2 heterocycles. The van der Waals surface area contributed by atoms with Gasteiger partial charge in [-0.15, -0.1) is 0 Å². The number of hydrogen-bond donors (Lipinski definition) is 3. The summed E-state index contributed by atoms with van der Waals surface area (Å²) in [6.07, 6.45) is 5.54. The summed E-state index contributed by atoms with van der Waals surface area (Å²) in [4.78, 5) is 55.7. The molecule has 2 aliphatic heterocycles. The van der Waals surface area contributed by atoms with Gasteiger partial charge in [-0.05, 0) is 74.5 Å². The zero-order chi connectivity index (χ0) is 39.2. The minimum Gasteiger partial charge on any atom is -0.541 e. The quantitative estimate of drug-likeness (QED) is 0.0855. The van der Waals surface area contributed by atoms with Gasteiger partial charge in [-0.25, -0.2) is 24.1 Å². The number of carbonyl (C=O) groups excluding carboxylic acids is 4. The molecule has 4 fully saturated rings. The number of likely N-dealkylation sites (tertiary alicyclic amines) is 1. The summed E-state index contributed by atoms with van der Waals surface area (Å²) in [5.74, 6) is -2.41. The van der Waals surface area contributed by atoms with Crippen LogP contribution < -0.4 is 39.6 Å². The number of nitrogens with one attached hydrogen (secondary N) is 2. The van der Waals surface area contributed by atoms with Gasteiger partial charge in [0.2, 0.25) is 18.2 Å². The molecular formula is C36H48F5N4NaO7S. The average molecular weight is 799 g/mol. The minimum atomic E-state index is -4.37. The smallest absolute Gasteiger partial charge is 0.541 e. The fourth-order valence-corrected chi connectivity index (χ4v) is 6.65. The first kappa shape index (κ1) is 47.4. The van der Waals surface area contributed by atoms with Crippen LogP contribution in [0.15, 0.2) is 36.4 Å². The molecule has 5 aliphatic rings. The summed E-state index contributed by atoms with van der Waals surface area (Å²) in [6.45, 7) is 1.63. The topological polar surface area (TPSA) is 153 Å². The molecule has 0 spiro atoms. The zero-order valence-electron chi connectivity index (χ0n) is 30.6. The zero-order valence-corrected chi connectivity index (χ0v) is 33.4. The Morgan fingerprint density at radius 3 is 2.13 bits per heavy atom. The molecule has 1 aromatic rings. The van der Waals surface area contributed by atoms with Crippen molar-refractivity contribution in [1.82, 2.24) is 19.8 Å². The summed E-state index contributed by atoms with van der Waals surface area (Å²) < 4.78 is 75.4. The fraction of sp³-hybridized carbons (Fsp3) is 0.639. The Morgan fingerprint density at radius 2 is 1.69 bits per heavy atom. The second-order valence-electron chi connectivity index (χ2n) is 13.7. The molecule has 1 aromatic carbocycles. The molecule has 0 bridgehead atoms. The predicted octanol–water partition coefficient (Wildman–Crippen LogP) is 2.61. The fourth-order valence-electron chi connectivity index (χ4n) is 5.80. The standard InChI is InChI=1S/C18H28F2N2O2.C9H9NO2.C5H4F3O.C4H7NO2S.Na/c1-21-16-12-14(16)6-2-3-9-18(19,20)10-4-8-17(24)22-11-5-7-15(22)13-23;11-9(12)10-5-7-3-1-2-4-8(7)6-10;6-5(7,8)4(3-9)1-2-4;6-3-5-8(7)4-1-2-4;/h2,6,13-16,21H,3-5,7-12H2,1H3;1-4H,5-6H2,(H,11,12);1-2H2;3-4H,1-2H2,(H,5,6);/q;;-1;;+1/b6-2-;;;;/t14-,15?,16?;;;;/m1..../s1. The number of alkyl halides is 5. The van der Waals surface area contributed by atoms with Crippen LogP contribution in [0, 0.1) is 11.3 Å². The molecule has 3 amide bonds. The van der Waals surface area contributed by atoms with Crippen LogP contribution in [0.1, 0.15) is 88.2 Å². The van der Waals surface area contributed by atoms with E-state index in [1.165, 1.54) is 9.80 Å². The summed E-state index contributed by atoms with van der Waals surface area (Å²) in [5, 5.41) is 12.1. The van der Waals surface area contributed by atoms with E-state index in [0.29, 0.717) is 50.8 Å². The second-order valence-corrected chi connectivity index (χ2v) is 15.2. The molecular weight excluding hydrogens is 750 g/mol. The maximum atomic E-state index is 13.8. The molecule has 6 rings (SSSR count). The number of rotatable bonds is 14. The third-order valence-electron chi connectivity index (χ3n) is 9.57. The van der Waals surface area contributed by atoms with E-state index < -0.39 is 34.6 Å². The Balaban J connectivity index is 0.000000278. The molecule has 4 atom stereocenters. The molecule has 3 saturated carbocycles. The number of hydrogen-bond acceptors (Lipinski definition) is 7. The third-order valence-corrected chi connectivity index (χ3v) is 11.0. The largest absolute Gasteiger partial charge is 1.00 e. The van der Waals surface area contributed by atoms with Crippen molar-refractivity contribution >= 4 is 42.0 Å². The van der Waals surface area contributed by atoms with E-state index in [1.54, 1.807) is 0 Å². The number of carboxylic acid groups (broad SMARTS) is 1. The van der Waals surface area contributed by atoms with Crippen LogP contribution in [0.4, 0.5) is 26.7 Å². The number of benzene rings is 1. The molecule has 3 N–H and O–H groups in total. The van der Waals surface area contributed by atoms with Crippen molar-refractivity contribution in [2.45, 2.75) is 120 Å². The molecule has 18 heteroatoms. The number of nitrogens with zero attached hydrogens (tertiary/aromatic N) is 2. The van der Waals surface area contributed by atoms with Gasteiger partial charge < -0.3 is 24.9 Å². The van der Waals surface area contributed by atoms with Crippen LogP contribution >= 0.6 is 0 Å². The maximum Gasteiger partial charge on any atom is 1.00 e. The molecule has 296 valence electrons. The van der Waals surface area contributed by atoms with Crippen LogP contribution in [0.3, 0.4) is 0 Å². The summed E-state index contributed by atoms with van der Waals surface area (Å²) in [6, 6.07) is 7.96. The van der Waals surface area contributed by atoms with Gasteiger partial charge in [-0.3, -0.25) is 19.2 Å².